The predicted molar refractivity (Wildman–Crippen MR) is 85.6 cm³/mol. The van der Waals surface area contributed by atoms with Crippen LogP contribution in [0.3, 0.4) is 0 Å². The molecule has 26 heavy (non-hydrogen) atoms. The van der Waals surface area contributed by atoms with Crippen LogP contribution in [0.2, 0.25) is 0 Å². The van der Waals surface area contributed by atoms with Crippen molar-refractivity contribution in [1.29, 1.82) is 0 Å². The van der Waals surface area contributed by atoms with Gasteiger partial charge in [-0.1, -0.05) is 29.7 Å². The maximum absolute atomic E-state index is 11.7. The Labute approximate surface area is 196 Å². The van der Waals surface area contributed by atoms with E-state index in [1.807, 2.05) is 0 Å². The fourth-order valence-corrected chi connectivity index (χ4v) is 3.43. The predicted octanol–water partition coefficient (Wildman–Crippen LogP) is -5.00. The summed E-state index contributed by atoms with van der Waals surface area (Å²) in [6.45, 7) is 0. The summed E-state index contributed by atoms with van der Waals surface area (Å²) in [5.41, 5.74) is 0.867. The van der Waals surface area contributed by atoms with E-state index >= 15 is 0 Å². The molecule has 3 aromatic rings. The molecule has 8 nitrogen and oxygen atoms in total. The fourth-order valence-electron chi connectivity index (χ4n) is 2.04. The number of phenolic OH excluding ortho intramolecular Hbond substituents is 1. The van der Waals surface area contributed by atoms with Crippen molar-refractivity contribution < 1.29 is 78.6 Å². The number of aromatic hydroxyl groups is 1. The van der Waals surface area contributed by atoms with Gasteiger partial charge in [-0.05, 0) is 25.3 Å². The van der Waals surface area contributed by atoms with Crippen LogP contribution in [0.5, 0.6) is 5.75 Å². The van der Waals surface area contributed by atoms with Crippen LogP contribution in [0, 0.1) is 0 Å². The van der Waals surface area contributed by atoms with Gasteiger partial charge in [-0.15, -0.1) is 0 Å². The maximum atomic E-state index is 11.7. The second-order valence-corrected chi connectivity index (χ2v) is 7.25. The summed E-state index contributed by atoms with van der Waals surface area (Å²) in [7, 11) is -4.80. The Hall–Kier alpha value is -0.320. The Morgan fingerprint density at radius 1 is 1.19 bits per heavy atom. The molecule has 0 fully saturated rings. The minimum absolute atomic E-state index is 0. The molecule has 124 valence electrons. The second kappa shape index (κ2) is 9.75. The summed E-state index contributed by atoms with van der Waals surface area (Å²) in [6, 6.07) is 4.29. The number of hydrogen-bond acceptors (Lipinski definition) is 7. The van der Waals surface area contributed by atoms with Gasteiger partial charge in [-0.2, -0.15) is 0 Å². The first-order valence-electron chi connectivity index (χ1n) is 6.60. The average Bonchev–Trinajstić information content (AvgIpc) is 2.90. The topological polar surface area (TPSA) is 145 Å². The number of aromatic amines is 2. The van der Waals surface area contributed by atoms with Gasteiger partial charge in [0.15, 0.2) is 0 Å². The summed E-state index contributed by atoms with van der Waals surface area (Å²) in [5, 5.41) is 9.66. The van der Waals surface area contributed by atoms with Gasteiger partial charge >= 0.3 is 59.1 Å². The number of H-pyrrole nitrogens is 2. The molecule has 0 bridgehead atoms. The first-order valence-corrected chi connectivity index (χ1v) is 9.03. The van der Waals surface area contributed by atoms with E-state index in [1.165, 1.54) is 36.3 Å². The Kier molecular flexibility index (Phi) is 8.89. The molecule has 12 heteroatoms. The molecule has 0 aliphatic rings. The molecule has 3 N–H and O–H groups in total. The number of aromatic nitrogens is 3. The van der Waals surface area contributed by atoms with Crippen molar-refractivity contribution in [2.45, 2.75) is 9.79 Å². The van der Waals surface area contributed by atoms with Crippen molar-refractivity contribution in [2.75, 3.05) is 0 Å². The third kappa shape index (κ3) is 5.84. The molecule has 0 spiro atoms. The fraction of sp³-hybridized carbons (Fsp3) is 0. The van der Waals surface area contributed by atoms with Gasteiger partial charge in [-0.3, -0.25) is 4.79 Å². The number of phenols is 1. The zero-order valence-corrected chi connectivity index (χ0v) is 19.6. The second-order valence-electron chi connectivity index (χ2n) is 4.79. The van der Waals surface area contributed by atoms with Gasteiger partial charge in [0.25, 0.3) is 5.56 Å². The van der Waals surface area contributed by atoms with Crippen LogP contribution in [-0.2, 0) is 4.57 Å². The van der Waals surface area contributed by atoms with E-state index in [1.54, 1.807) is 6.20 Å². The van der Waals surface area contributed by atoms with E-state index in [0.29, 0.717) is 32.2 Å². The smallest absolute Gasteiger partial charge is 0.808 e. The van der Waals surface area contributed by atoms with Crippen molar-refractivity contribution in [3.8, 4) is 5.75 Å². The van der Waals surface area contributed by atoms with Crippen molar-refractivity contribution in [3.05, 3.63) is 52.5 Å². The van der Waals surface area contributed by atoms with Gasteiger partial charge < -0.3 is 29.4 Å². The monoisotopic (exact) mass is 409 g/mol. The van der Waals surface area contributed by atoms with Crippen LogP contribution in [-0.4, -0.2) is 20.1 Å². The molecule has 1 aromatic carbocycles. The normalized spacial score (nSPS) is 11.3. The Morgan fingerprint density at radius 2 is 1.92 bits per heavy atom. The van der Waals surface area contributed by atoms with E-state index in [9.17, 15) is 24.3 Å². The third-order valence-corrected chi connectivity index (χ3v) is 4.71. The molecule has 0 saturated heterocycles. The largest absolute Gasteiger partial charge is 1.00 e. The van der Waals surface area contributed by atoms with E-state index < -0.39 is 7.60 Å². The first kappa shape index (κ1) is 23.7. The SMILES string of the molecule is O=c1[nH]cnc2c(Sc3cc(O)ccc3/C=C/P(=O)([O-])[O-])c[nH]c12.[Na+].[Na+]. The van der Waals surface area contributed by atoms with Crippen LogP contribution in [0.15, 0.2) is 51.1 Å². The third-order valence-electron chi connectivity index (χ3n) is 3.09. The van der Waals surface area contributed by atoms with E-state index in [4.69, 9.17) is 0 Å². The van der Waals surface area contributed by atoms with Gasteiger partial charge in [0.1, 0.15) is 16.8 Å². The van der Waals surface area contributed by atoms with Crippen LogP contribution in [0.1, 0.15) is 5.56 Å². The zero-order valence-electron chi connectivity index (χ0n) is 13.9. The zero-order chi connectivity index (χ0) is 17.3. The summed E-state index contributed by atoms with van der Waals surface area (Å²) in [6.07, 6.45) is 4.02. The first-order chi connectivity index (χ1) is 11.3. The number of rotatable bonds is 4. The quantitative estimate of drug-likeness (QED) is 0.289. The van der Waals surface area contributed by atoms with E-state index in [-0.39, 0.29) is 70.4 Å². The number of nitrogens with zero attached hydrogens (tertiary/aromatic N) is 1. The van der Waals surface area contributed by atoms with E-state index in [2.05, 4.69) is 15.0 Å². The Morgan fingerprint density at radius 3 is 2.62 bits per heavy atom. The molecule has 0 aliphatic heterocycles. The van der Waals surface area contributed by atoms with Gasteiger partial charge in [-0.25, -0.2) is 4.98 Å². The standard InChI is InChI=1S/C14H12N3O5PS.2Na/c18-9-2-1-8(3-4-23(20,21)22)10(5-9)24-11-6-15-13-12(11)16-7-17-14(13)19;;/h1-7,15,18H,(H,16,17,19)(H2,20,21,22);;/q;2*+1/p-2/b4-3+;;. The number of fused-ring (bicyclic) bond motifs is 1. The molecule has 0 amide bonds. The molecule has 0 aliphatic carbocycles. The van der Waals surface area contributed by atoms with Crippen LogP contribution >= 0.6 is 19.4 Å². The van der Waals surface area contributed by atoms with Crippen molar-refractivity contribution >= 4 is 36.5 Å². The minimum atomic E-state index is -4.80. The summed E-state index contributed by atoms with van der Waals surface area (Å²) in [5.74, 6) is 0.550. The molecule has 0 atom stereocenters. The van der Waals surface area contributed by atoms with Crippen LogP contribution in [0.4, 0.5) is 0 Å². The summed E-state index contributed by atoms with van der Waals surface area (Å²) >= 11 is 1.17. The van der Waals surface area contributed by atoms with Crippen LogP contribution in [0.25, 0.3) is 17.1 Å². The Balaban J connectivity index is 0.00000169. The maximum Gasteiger partial charge on any atom is 1.00 e. The molecule has 0 radical (unpaired) electrons. The Bertz CT molecular complexity index is 1050. The molecular formula is C14H10N3Na2O5PS. The number of nitrogens with one attached hydrogen (secondary N) is 2. The van der Waals surface area contributed by atoms with E-state index in [0.717, 1.165) is 6.08 Å². The molecule has 0 unspecified atom stereocenters. The summed E-state index contributed by atoms with van der Waals surface area (Å²) < 4.78 is 10.8. The van der Waals surface area contributed by atoms with Gasteiger partial charge in [0.05, 0.1) is 11.2 Å². The van der Waals surface area contributed by atoms with Gasteiger partial charge in [0.2, 0.25) is 0 Å². The molecule has 0 saturated carbocycles. The molecule has 2 heterocycles. The molecular weight excluding hydrogens is 399 g/mol. The van der Waals surface area contributed by atoms with Crippen molar-refractivity contribution in [2.24, 2.45) is 0 Å². The molecule has 2 aromatic heterocycles. The minimum Gasteiger partial charge on any atom is -0.808 e. The number of benzene rings is 1. The summed E-state index contributed by atoms with van der Waals surface area (Å²) in [4.78, 5) is 43.8. The van der Waals surface area contributed by atoms with Crippen LogP contribution < -0.4 is 74.5 Å². The number of hydrogen-bond donors (Lipinski definition) is 3. The molecule has 3 rings (SSSR count). The van der Waals surface area contributed by atoms with Crippen molar-refractivity contribution in [3.63, 3.8) is 0 Å². The van der Waals surface area contributed by atoms with Gasteiger partial charge in [0, 0.05) is 11.1 Å². The van der Waals surface area contributed by atoms with Crippen molar-refractivity contribution in [1.82, 2.24) is 15.0 Å². The average molecular weight is 409 g/mol.